The Bertz CT molecular complexity index is 1180. The van der Waals surface area contributed by atoms with E-state index in [4.69, 9.17) is 4.74 Å². The molecule has 4 rings (SSSR count). The van der Waals surface area contributed by atoms with Crippen molar-refractivity contribution >= 4 is 10.9 Å². The first kappa shape index (κ1) is 22.0. The van der Waals surface area contributed by atoms with Crippen LogP contribution in [-0.2, 0) is 25.8 Å². The van der Waals surface area contributed by atoms with Gasteiger partial charge in [-0.05, 0) is 30.2 Å². The number of hydrogen-bond acceptors (Lipinski definition) is 2. The lowest BCUT2D eigenvalue weighted by molar-refractivity contribution is -0.137. The predicted octanol–water partition coefficient (Wildman–Crippen LogP) is 6.40. The molecule has 3 aromatic carbocycles. The second-order valence-electron chi connectivity index (χ2n) is 7.61. The van der Waals surface area contributed by atoms with Gasteiger partial charge < -0.3 is 14.6 Å². The van der Waals surface area contributed by atoms with E-state index >= 15 is 0 Å². The largest absolute Gasteiger partial charge is 0.479 e. The Morgan fingerprint density at radius 2 is 1.56 bits per heavy atom. The summed E-state index contributed by atoms with van der Waals surface area (Å²) in [5.74, 6) is 0.786. The minimum atomic E-state index is -4.34. The number of hydrogen-bond donors (Lipinski definition) is 1. The molecule has 6 heteroatoms. The smallest absolute Gasteiger partial charge is 0.416 e. The van der Waals surface area contributed by atoms with Crippen LogP contribution >= 0.6 is 0 Å². The summed E-state index contributed by atoms with van der Waals surface area (Å²) in [6, 6.07) is 23.7. The predicted molar refractivity (Wildman–Crippen MR) is 121 cm³/mol. The summed E-state index contributed by atoms with van der Waals surface area (Å²) in [6.07, 6.45) is -4.34. The van der Waals surface area contributed by atoms with Crippen LogP contribution in [0.1, 0.15) is 29.2 Å². The number of fused-ring (bicyclic) bond motifs is 1. The first-order valence-electron chi connectivity index (χ1n) is 10.6. The van der Waals surface area contributed by atoms with E-state index in [0.29, 0.717) is 31.8 Å². The van der Waals surface area contributed by atoms with Crippen LogP contribution in [0.15, 0.2) is 78.9 Å². The van der Waals surface area contributed by atoms with Crippen LogP contribution in [0.2, 0.25) is 0 Å². The van der Waals surface area contributed by atoms with E-state index in [1.165, 1.54) is 12.1 Å². The number of para-hydroxylation sites is 1. The van der Waals surface area contributed by atoms with Crippen molar-refractivity contribution < 1.29 is 17.9 Å². The molecule has 0 atom stereocenters. The highest BCUT2D eigenvalue weighted by Crippen LogP contribution is 2.33. The molecule has 0 aliphatic carbocycles. The standard InChI is InChI=1S/C26H25F3N2O/c1-2-32-25-23(17-30-16-20-11-8-12-21(15-20)26(27,28)29)22-13-6-7-14-24(22)31(25)18-19-9-4-3-5-10-19/h3-15,30H,2,16-18H2,1H3. The van der Waals surface area contributed by atoms with Gasteiger partial charge in [-0.3, -0.25) is 0 Å². The quantitative estimate of drug-likeness (QED) is 0.345. The van der Waals surface area contributed by atoms with Crippen molar-refractivity contribution in [1.29, 1.82) is 0 Å². The molecule has 0 saturated carbocycles. The lowest BCUT2D eigenvalue weighted by Crippen LogP contribution is -2.15. The Morgan fingerprint density at radius 3 is 2.31 bits per heavy atom. The molecular formula is C26H25F3N2O. The Balaban J connectivity index is 1.61. The molecule has 0 aliphatic rings. The number of benzene rings is 3. The van der Waals surface area contributed by atoms with E-state index in [1.54, 1.807) is 6.07 Å². The molecule has 0 radical (unpaired) electrons. The molecule has 0 saturated heterocycles. The molecule has 0 aliphatic heterocycles. The van der Waals surface area contributed by atoms with Gasteiger partial charge in [0.1, 0.15) is 0 Å². The molecule has 3 nitrogen and oxygen atoms in total. The Morgan fingerprint density at radius 1 is 0.844 bits per heavy atom. The van der Waals surface area contributed by atoms with Crippen LogP contribution in [0, 0.1) is 0 Å². The number of ether oxygens (including phenoxy) is 1. The summed E-state index contributed by atoms with van der Waals surface area (Å²) >= 11 is 0. The van der Waals surface area contributed by atoms with E-state index in [9.17, 15) is 13.2 Å². The monoisotopic (exact) mass is 438 g/mol. The van der Waals surface area contributed by atoms with Gasteiger partial charge in [0.15, 0.2) is 5.88 Å². The topological polar surface area (TPSA) is 26.2 Å². The number of aromatic nitrogens is 1. The molecule has 1 aromatic heterocycles. The van der Waals surface area contributed by atoms with Crippen molar-refractivity contribution in [3.63, 3.8) is 0 Å². The van der Waals surface area contributed by atoms with Crippen LogP contribution in [0.3, 0.4) is 0 Å². The van der Waals surface area contributed by atoms with E-state index in [0.717, 1.165) is 34.0 Å². The lowest BCUT2D eigenvalue weighted by atomic mass is 10.1. The fourth-order valence-corrected chi connectivity index (χ4v) is 3.94. The van der Waals surface area contributed by atoms with Gasteiger partial charge in [0.05, 0.1) is 24.2 Å². The highest BCUT2D eigenvalue weighted by molar-refractivity contribution is 5.87. The first-order valence-corrected chi connectivity index (χ1v) is 10.6. The number of halogens is 3. The Hall–Kier alpha value is -3.25. The molecule has 1 N–H and O–H groups in total. The van der Waals surface area contributed by atoms with Gasteiger partial charge >= 0.3 is 6.18 Å². The van der Waals surface area contributed by atoms with Crippen molar-refractivity contribution in [1.82, 2.24) is 9.88 Å². The molecule has 1 heterocycles. The molecular weight excluding hydrogens is 413 g/mol. The first-order chi connectivity index (χ1) is 15.5. The summed E-state index contributed by atoms with van der Waals surface area (Å²) in [4.78, 5) is 0. The van der Waals surface area contributed by atoms with Gasteiger partial charge in [-0.1, -0.05) is 66.7 Å². The zero-order valence-corrected chi connectivity index (χ0v) is 17.8. The molecule has 0 fully saturated rings. The summed E-state index contributed by atoms with van der Waals surface area (Å²) in [5.41, 5.74) is 3.19. The lowest BCUT2D eigenvalue weighted by Gasteiger charge is -2.13. The summed E-state index contributed by atoms with van der Waals surface area (Å²) in [5, 5.41) is 4.38. The molecule has 0 amide bonds. The minimum Gasteiger partial charge on any atom is -0.479 e. The maximum absolute atomic E-state index is 13.0. The summed E-state index contributed by atoms with van der Waals surface area (Å²) in [6.45, 7) is 3.95. The fourth-order valence-electron chi connectivity index (χ4n) is 3.94. The van der Waals surface area contributed by atoms with Gasteiger partial charge in [-0.2, -0.15) is 13.2 Å². The van der Waals surface area contributed by atoms with Crippen LogP contribution in [-0.4, -0.2) is 11.2 Å². The molecule has 0 unspecified atom stereocenters. The fraction of sp³-hybridized carbons (Fsp3) is 0.231. The van der Waals surface area contributed by atoms with Gasteiger partial charge in [0, 0.05) is 24.0 Å². The van der Waals surface area contributed by atoms with Crippen molar-refractivity contribution in [3.05, 3.63) is 101 Å². The van der Waals surface area contributed by atoms with Crippen LogP contribution in [0.25, 0.3) is 10.9 Å². The molecule has 0 spiro atoms. The van der Waals surface area contributed by atoms with E-state index in [-0.39, 0.29) is 0 Å². The van der Waals surface area contributed by atoms with E-state index in [1.807, 2.05) is 37.3 Å². The highest BCUT2D eigenvalue weighted by Gasteiger charge is 2.30. The number of rotatable bonds is 8. The molecule has 32 heavy (non-hydrogen) atoms. The zero-order valence-electron chi connectivity index (χ0n) is 17.8. The minimum absolute atomic E-state index is 0.327. The summed E-state index contributed by atoms with van der Waals surface area (Å²) < 4.78 is 47.3. The van der Waals surface area contributed by atoms with Crippen molar-refractivity contribution in [2.45, 2.75) is 32.7 Å². The van der Waals surface area contributed by atoms with E-state index in [2.05, 4.69) is 34.1 Å². The van der Waals surface area contributed by atoms with Crippen LogP contribution < -0.4 is 10.1 Å². The molecule has 166 valence electrons. The average molecular weight is 438 g/mol. The third-order valence-corrected chi connectivity index (χ3v) is 5.37. The van der Waals surface area contributed by atoms with Gasteiger partial charge in [-0.15, -0.1) is 0 Å². The zero-order chi connectivity index (χ0) is 22.6. The Kier molecular flexibility index (Phi) is 6.51. The second-order valence-corrected chi connectivity index (χ2v) is 7.61. The van der Waals surface area contributed by atoms with Gasteiger partial charge in [0.2, 0.25) is 0 Å². The second kappa shape index (κ2) is 9.49. The molecule has 4 aromatic rings. The van der Waals surface area contributed by atoms with Crippen molar-refractivity contribution in [3.8, 4) is 5.88 Å². The summed E-state index contributed by atoms with van der Waals surface area (Å²) in [7, 11) is 0. The highest BCUT2D eigenvalue weighted by atomic mass is 19.4. The maximum atomic E-state index is 13.0. The molecule has 0 bridgehead atoms. The third-order valence-electron chi connectivity index (χ3n) is 5.37. The van der Waals surface area contributed by atoms with Crippen LogP contribution in [0.5, 0.6) is 5.88 Å². The normalized spacial score (nSPS) is 11.8. The van der Waals surface area contributed by atoms with Crippen molar-refractivity contribution in [2.75, 3.05) is 6.61 Å². The number of alkyl halides is 3. The number of nitrogens with zero attached hydrogens (tertiary/aromatic N) is 1. The van der Waals surface area contributed by atoms with E-state index < -0.39 is 11.7 Å². The van der Waals surface area contributed by atoms with Gasteiger partial charge in [0.25, 0.3) is 0 Å². The maximum Gasteiger partial charge on any atom is 0.416 e. The van der Waals surface area contributed by atoms with Gasteiger partial charge in [-0.25, -0.2) is 0 Å². The van der Waals surface area contributed by atoms with Crippen molar-refractivity contribution in [2.24, 2.45) is 0 Å². The third kappa shape index (κ3) is 4.81. The number of nitrogens with one attached hydrogen (secondary N) is 1. The van der Waals surface area contributed by atoms with Crippen LogP contribution in [0.4, 0.5) is 13.2 Å². The SMILES string of the molecule is CCOc1c(CNCc2cccc(C(F)(F)F)c2)c2ccccc2n1Cc1ccccc1. The average Bonchev–Trinajstić information content (AvgIpc) is 3.07. The Labute approximate surface area is 185 Å².